The Morgan fingerprint density at radius 1 is 1.04 bits per heavy atom. The van der Waals surface area contributed by atoms with Crippen molar-refractivity contribution in [1.82, 2.24) is 5.32 Å². The Hall–Kier alpha value is -2.66. The molecule has 5 heteroatoms. The van der Waals surface area contributed by atoms with Crippen LogP contribution in [0.15, 0.2) is 48.5 Å². The van der Waals surface area contributed by atoms with Gasteiger partial charge in [-0.15, -0.1) is 0 Å². The zero-order valence-electron chi connectivity index (χ0n) is 16.7. The molecule has 0 saturated carbocycles. The maximum atomic E-state index is 12.7. The molecule has 3 rings (SSSR count). The number of ether oxygens (including phenoxy) is 1. The summed E-state index contributed by atoms with van der Waals surface area (Å²) in [5.74, 6) is -0.450. The molecule has 0 spiro atoms. The van der Waals surface area contributed by atoms with Crippen molar-refractivity contribution in [2.24, 2.45) is 0 Å². The summed E-state index contributed by atoms with van der Waals surface area (Å²) in [7, 11) is 0. The van der Waals surface area contributed by atoms with Crippen molar-refractivity contribution in [3.63, 3.8) is 0 Å². The van der Waals surface area contributed by atoms with Crippen LogP contribution >= 0.6 is 0 Å². The molecule has 2 aromatic carbocycles. The van der Waals surface area contributed by atoms with Crippen LogP contribution < -0.4 is 10.6 Å². The lowest BCUT2D eigenvalue weighted by molar-refractivity contribution is 0.0858. The average molecular weight is 380 g/mol. The van der Waals surface area contributed by atoms with E-state index in [-0.39, 0.29) is 23.3 Å². The lowest BCUT2D eigenvalue weighted by Gasteiger charge is -2.19. The van der Waals surface area contributed by atoms with Gasteiger partial charge in [-0.3, -0.25) is 9.59 Å². The minimum absolute atomic E-state index is 0.0305. The Morgan fingerprint density at radius 2 is 1.75 bits per heavy atom. The van der Waals surface area contributed by atoms with Gasteiger partial charge in [-0.25, -0.2) is 0 Å². The first-order valence-electron chi connectivity index (χ1n) is 9.75. The minimum Gasteiger partial charge on any atom is -0.376 e. The Balaban J connectivity index is 1.68. The fourth-order valence-electron chi connectivity index (χ4n) is 3.21. The number of amides is 2. The first kappa shape index (κ1) is 20.1. The number of carbonyl (C=O) groups excluding carboxylic acids is 2. The van der Waals surface area contributed by atoms with Crippen molar-refractivity contribution in [3.05, 3.63) is 65.2 Å². The van der Waals surface area contributed by atoms with E-state index >= 15 is 0 Å². The molecule has 1 saturated heterocycles. The number of hydrogen-bond donors (Lipinski definition) is 2. The van der Waals surface area contributed by atoms with Gasteiger partial charge in [0.15, 0.2) is 0 Å². The molecule has 1 atom stereocenters. The molecule has 0 radical (unpaired) electrons. The molecule has 2 aromatic rings. The topological polar surface area (TPSA) is 67.4 Å². The molecule has 28 heavy (non-hydrogen) atoms. The second-order valence-electron chi connectivity index (χ2n) is 8.17. The first-order valence-corrected chi connectivity index (χ1v) is 9.75. The maximum absolute atomic E-state index is 12.7. The average Bonchev–Trinajstić information content (AvgIpc) is 3.19. The van der Waals surface area contributed by atoms with Crippen molar-refractivity contribution in [2.75, 3.05) is 18.5 Å². The van der Waals surface area contributed by atoms with Gasteiger partial charge >= 0.3 is 0 Å². The quantitative estimate of drug-likeness (QED) is 0.819. The summed E-state index contributed by atoms with van der Waals surface area (Å²) >= 11 is 0. The standard InChI is InChI=1S/C23H28N2O3/c1-23(2,3)17-12-10-16(11-13-17)21(26)25-20-9-5-4-8-19(20)22(27)24-15-18-7-6-14-28-18/h4-5,8-13,18H,6-7,14-15H2,1-3H3,(H,24,27)(H,25,26). The van der Waals surface area contributed by atoms with Crippen LogP contribution in [0.25, 0.3) is 0 Å². The van der Waals surface area contributed by atoms with Gasteiger partial charge in [0.25, 0.3) is 11.8 Å². The molecule has 2 N–H and O–H groups in total. The van der Waals surface area contributed by atoms with Gasteiger partial charge < -0.3 is 15.4 Å². The molecule has 1 aliphatic heterocycles. The third-order valence-corrected chi connectivity index (χ3v) is 4.95. The van der Waals surface area contributed by atoms with Crippen LogP contribution in [0.2, 0.25) is 0 Å². The van der Waals surface area contributed by atoms with Crippen LogP contribution in [0.5, 0.6) is 0 Å². The fourth-order valence-corrected chi connectivity index (χ4v) is 3.21. The highest BCUT2D eigenvalue weighted by Crippen LogP contribution is 2.23. The van der Waals surface area contributed by atoms with E-state index in [0.717, 1.165) is 25.0 Å². The van der Waals surface area contributed by atoms with E-state index in [1.54, 1.807) is 24.3 Å². The van der Waals surface area contributed by atoms with Crippen LogP contribution in [0.1, 0.15) is 59.9 Å². The van der Waals surface area contributed by atoms with Crippen molar-refractivity contribution >= 4 is 17.5 Å². The summed E-state index contributed by atoms with van der Waals surface area (Å²) in [5.41, 5.74) is 2.70. The first-order chi connectivity index (χ1) is 13.3. The maximum Gasteiger partial charge on any atom is 0.255 e. The van der Waals surface area contributed by atoms with Gasteiger partial charge in [-0.1, -0.05) is 45.0 Å². The number of benzene rings is 2. The smallest absolute Gasteiger partial charge is 0.255 e. The Kier molecular flexibility index (Phi) is 6.15. The predicted octanol–water partition coefficient (Wildman–Crippen LogP) is 4.15. The number of nitrogens with one attached hydrogen (secondary N) is 2. The van der Waals surface area contributed by atoms with Crippen molar-refractivity contribution in [2.45, 2.75) is 45.1 Å². The minimum atomic E-state index is -0.236. The predicted molar refractivity (Wildman–Crippen MR) is 111 cm³/mol. The van der Waals surface area contributed by atoms with Crippen LogP contribution in [-0.2, 0) is 10.2 Å². The molecule has 1 fully saturated rings. The Morgan fingerprint density at radius 3 is 2.39 bits per heavy atom. The third kappa shape index (κ3) is 4.98. The van der Waals surface area contributed by atoms with Gasteiger partial charge in [0.2, 0.25) is 0 Å². The van der Waals surface area contributed by atoms with E-state index < -0.39 is 0 Å². The molecule has 148 valence electrons. The summed E-state index contributed by atoms with van der Waals surface area (Å²) < 4.78 is 5.54. The SMILES string of the molecule is CC(C)(C)c1ccc(C(=O)Nc2ccccc2C(=O)NCC2CCCO2)cc1. The monoisotopic (exact) mass is 380 g/mol. The molecule has 0 aromatic heterocycles. The van der Waals surface area contributed by atoms with Crippen LogP contribution in [0.3, 0.4) is 0 Å². The van der Waals surface area contributed by atoms with E-state index in [1.165, 1.54) is 0 Å². The molecule has 0 aliphatic carbocycles. The van der Waals surface area contributed by atoms with Crippen LogP contribution in [0.4, 0.5) is 5.69 Å². The second kappa shape index (κ2) is 8.57. The fraction of sp³-hybridized carbons (Fsp3) is 0.391. The number of rotatable bonds is 5. The van der Waals surface area contributed by atoms with Gasteiger partial charge in [0, 0.05) is 18.7 Å². The van der Waals surface area contributed by atoms with Gasteiger partial charge in [-0.05, 0) is 48.1 Å². The van der Waals surface area contributed by atoms with Crippen LogP contribution in [0, 0.1) is 0 Å². The van der Waals surface area contributed by atoms with E-state index in [2.05, 4.69) is 31.4 Å². The Bertz CT molecular complexity index is 832. The number of carbonyl (C=O) groups is 2. The number of para-hydroxylation sites is 1. The Labute approximate surface area is 166 Å². The summed E-state index contributed by atoms with van der Waals surface area (Å²) in [6.45, 7) is 7.63. The summed E-state index contributed by atoms with van der Waals surface area (Å²) in [4.78, 5) is 25.2. The second-order valence-corrected chi connectivity index (χ2v) is 8.17. The molecule has 2 amide bonds. The van der Waals surface area contributed by atoms with E-state index in [9.17, 15) is 9.59 Å². The molecule has 1 heterocycles. The lowest BCUT2D eigenvalue weighted by atomic mass is 9.86. The van der Waals surface area contributed by atoms with Crippen LogP contribution in [-0.4, -0.2) is 31.1 Å². The summed E-state index contributed by atoms with van der Waals surface area (Å²) in [5, 5.41) is 5.77. The molecule has 5 nitrogen and oxygen atoms in total. The van der Waals surface area contributed by atoms with E-state index in [4.69, 9.17) is 4.74 Å². The van der Waals surface area contributed by atoms with Gasteiger partial charge in [0.05, 0.1) is 17.4 Å². The summed E-state index contributed by atoms with van der Waals surface area (Å²) in [6.07, 6.45) is 2.07. The largest absolute Gasteiger partial charge is 0.376 e. The lowest BCUT2D eigenvalue weighted by Crippen LogP contribution is -2.32. The number of anilines is 1. The van der Waals surface area contributed by atoms with E-state index in [0.29, 0.717) is 23.4 Å². The van der Waals surface area contributed by atoms with E-state index in [1.807, 2.05) is 24.3 Å². The zero-order chi connectivity index (χ0) is 20.1. The van der Waals surface area contributed by atoms with Gasteiger partial charge in [-0.2, -0.15) is 0 Å². The third-order valence-electron chi connectivity index (χ3n) is 4.95. The van der Waals surface area contributed by atoms with Crippen molar-refractivity contribution in [1.29, 1.82) is 0 Å². The normalized spacial score (nSPS) is 16.6. The zero-order valence-corrected chi connectivity index (χ0v) is 16.7. The molecule has 0 bridgehead atoms. The molecule has 1 unspecified atom stereocenters. The van der Waals surface area contributed by atoms with Gasteiger partial charge in [0.1, 0.15) is 0 Å². The molecular weight excluding hydrogens is 352 g/mol. The highest BCUT2D eigenvalue weighted by molar-refractivity contribution is 6.09. The highest BCUT2D eigenvalue weighted by Gasteiger charge is 2.19. The molecular formula is C23H28N2O3. The number of hydrogen-bond acceptors (Lipinski definition) is 3. The highest BCUT2D eigenvalue weighted by atomic mass is 16.5. The van der Waals surface area contributed by atoms with Crippen molar-refractivity contribution < 1.29 is 14.3 Å². The van der Waals surface area contributed by atoms with Crippen molar-refractivity contribution in [3.8, 4) is 0 Å². The molecule has 1 aliphatic rings. The summed E-state index contributed by atoms with van der Waals surface area (Å²) in [6, 6.07) is 14.6.